The van der Waals surface area contributed by atoms with E-state index < -0.39 is 0 Å². The van der Waals surface area contributed by atoms with Crippen molar-refractivity contribution in [2.24, 2.45) is 5.92 Å². The molecular formula is C15H23N3. The van der Waals surface area contributed by atoms with E-state index in [4.69, 9.17) is 0 Å². The Kier molecular flexibility index (Phi) is 3.48. The highest BCUT2D eigenvalue weighted by Gasteiger charge is 2.23. The van der Waals surface area contributed by atoms with Crippen molar-refractivity contribution in [1.29, 1.82) is 0 Å². The third kappa shape index (κ3) is 2.36. The van der Waals surface area contributed by atoms with Crippen LogP contribution in [0.5, 0.6) is 0 Å². The lowest BCUT2D eigenvalue weighted by atomic mass is 9.85. The molecule has 3 heteroatoms. The zero-order chi connectivity index (χ0) is 12.4. The number of rotatable bonds is 2. The molecule has 0 aliphatic heterocycles. The first-order valence-electron chi connectivity index (χ1n) is 7.44. The molecular weight excluding hydrogens is 222 g/mol. The molecule has 0 amide bonds. The van der Waals surface area contributed by atoms with Gasteiger partial charge in [-0.25, -0.2) is 9.97 Å². The van der Waals surface area contributed by atoms with E-state index in [9.17, 15) is 0 Å². The number of nitrogens with one attached hydrogen (secondary N) is 1. The van der Waals surface area contributed by atoms with Crippen molar-refractivity contribution in [1.82, 2.24) is 9.97 Å². The van der Waals surface area contributed by atoms with Gasteiger partial charge in [0.1, 0.15) is 12.1 Å². The van der Waals surface area contributed by atoms with Gasteiger partial charge in [0, 0.05) is 17.3 Å². The number of fused-ring (bicyclic) bond motifs is 1. The van der Waals surface area contributed by atoms with E-state index in [1.54, 1.807) is 6.33 Å². The molecule has 1 aromatic heterocycles. The minimum atomic E-state index is 0.611. The SMILES string of the molecule is CC1CCCCC1Nc1ncnc2c1CCCC2. The summed E-state index contributed by atoms with van der Waals surface area (Å²) in [5.41, 5.74) is 2.67. The molecule has 0 bridgehead atoms. The Morgan fingerprint density at radius 3 is 2.78 bits per heavy atom. The molecule has 18 heavy (non-hydrogen) atoms. The lowest BCUT2D eigenvalue weighted by Crippen LogP contribution is -2.31. The van der Waals surface area contributed by atoms with Crippen LogP contribution in [0.15, 0.2) is 6.33 Å². The van der Waals surface area contributed by atoms with Crippen molar-refractivity contribution in [3.05, 3.63) is 17.6 Å². The number of hydrogen-bond donors (Lipinski definition) is 1. The summed E-state index contributed by atoms with van der Waals surface area (Å²) in [4.78, 5) is 8.94. The number of nitrogens with zero attached hydrogens (tertiary/aromatic N) is 2. The first-order valence-corrected chi connectivity index (χ1v) is 7.44. The van der Waals surface area contributed by atoms with Crippen LogP contribution < -0.4 is 5.32 Å². The average molecular weight is 245 g/mol. The van der Waals surface area contributed by atoms with Gasteiger partial charge in [-0.05, 0) is 44.4 Å². The number of aromatic nitrogens is 2. The number of aryl methyl sites for hydroxylation is 1. The number of hydrogen-bond acceptors (Lipinski definition) is 3. The summed E-state index contributed by atoms with van der Waals surface area (Å²) in [6, 6.07) is 0.611. The van der Waals surface area contributed by atoms with Crippen LogP contribution in [-0.4, -0.2) is 16.0 Å². The van der Waals surface area contributed by atoms with E-state index >= 15 is 0 Å². The van der Waals surface area contributed by atoms with E-state index in [0.29, 0.717) is 6.04 Å². The Morgan fingerprint density at radius 1 is 1.06 bits per heavy atom. The standard InChI is InChI=1S/C15H23N3/c1-11-6-2-4-8-13(11)18-15-12-7-3-5-9-14(12)16-10-17-15/h10-11,13H,2-9H2,1H3,(H,16,17,18). The van der Waals surface area contributed by atoms with Crippen LogP contribution in [0.25, 0.3) is 0 Å². The van der Waals surface area contributed by atoms with Gasteiger partial charge >= 0.3 is 0 Å². The van der Waals surface area contributed by atoms with E-state index in [2.05, 4.69) is 22.2 Å². The Hall–Kier alpha value is -1.12. The van der Waals surface area contributed by atoms with Crippen LogP contribution in [0, 0.1) is 5.92 Å². The molecule has 1 fully saturated rings. The largest absolute Gasteiger partial charge is 0.367 e. The first kappa shape index (κ1) is 11.9. The topological polar surface area (TPSA) is 37.8 Å². The van der Waals surface area contributed by atoms with Gasteiger partial charge in [-0.2, -0.15) is 0 Å². The zero-order valence-electron chi connectivity index (χ0n) is 11.3. The lowest BCUT2D eigenvalue weighted by Gasteiger charge is -2.31. The maximum atomic E-state index is 4.50. The van der Waals surface area contributed by atoms with Gasteiger partial charge in [-0.15, -0.1) is 0 Å². The predicted molar refractivity (Wildman–Crippen MR) is 73.7 cm³/mol. The van der Waals surface area contributed by atoms with Crippen LogP contribution in [-0.2, 0) is 12.8 Å². The summed E-state index contributed by atoms with van der Waals surface area (Å²) in [6.45, 7) is 2.37. The Balaban J connectivity index is 1.79. The normalized spacial score (nSPS) is 27.6. The van der Waals surface area contributed by atoms with Crippen LogP contribution >= 0.6 is 0 Å². The average Bonchev–Trinajstić information content (AvgIpc) is 2.42. The maximum Gasteiger partial charge on any atom is 0.133 e. The second kappa shape index (κ2) is 5.25. The fourth-order valence-electron chi connectivity index (χ4n) is 3.35. The summed E-state index contributed by atoms with van der Waals surface area (Å²) in [6.07, 6.45) is 12.0. The molecule has 1 aromatic rings. The van der Waals surface area contributed by atoms with Crippen LogP contribution in [0.1, 0.15) is 56.7 Å². The fraction of sp³-hybridized carbons (Fsp3) is 0.733. The molecule has 0 saturated heterocycles. The van der Waals surface area contributed by atoms with Crippen LogP contribution in [0.4, 0.5) is 5.82 Å². The van der Waals surface area contributed by atoms with E-state index in [1.165, 1.54) is 49.8 Å². The van der Waals surface area contributed by atoms with Gasteiger partial charge in [0.05, 0.1) is 0 Å². The Labute approximate surface area is 109 Å². The molecule has 3 nitrogen and oxygen atoms in total. The van der Waals surface area contributed by atoms with Gasteiger partial charge in [0.2, 0.25) is 0 Å². The summed E-state index contributed by atoms with van der Waals surface area (Å²) in [7, 11) is 0. The Morgan fingerprint density at radius 2 is 1.89 bits per heavy atom. The molecule has 3 rings (SSSR count). The summed E-state index contributed by atoms with van der Waals surface area (Å²) in [5, 5.41) is 3.71. The highest BCUT2D eigenvalue weighted by atomic mass is 15.0. The highest BCUT2D eigenvalue weighted by Crippen LogP contribution is 2.29. The van der Waals surface area contributed by atoms with Gasteiger partial charge in [-0.1, -0.05) is 19.8 Å². The van der Waals surface area contributed by atoms with Gasteiger partial charge in [-0.3, -0.25) is 0 Å². The van der Waals surface area contributed by atoms with Crippen molar-refractivity contribution in [3.63, 3.8) is 0 Å². The predicted octanol–water partition coefficient (Wildman–Crippen LogP) is 3.35. The molecule has 2 aliphatic rings. The monoisotopic (exact) mass is 245 g/mol. The minimum Gasteiger partial charge on any atom is -0.367 e. The Bertz CT molecular complexity index is 416. The molecule has 0 radical (unpaired) electrons. The van der Waals surface area contributed by atoms with Gasteiger partial charge in [0.25, 0.3) is 0 Å². The molecule has 2 unspecified atom stereocenters. The van der Waals surface area contributed by atoms with Gasteiger partial charge in [0.15, 0.2) is 0 Å². The van der Waals surface area contributed by atoms with Gasteiger partial charge < -0.3 is 5.32 Å². The molecule has 98 valence electrons. The maximum absolute atomic E-state index is 4.50. The van der Waals surface area contributed by atoms with Crippen LogP contribution in [0.3, 0.4) is 0 Å². The lowest BCUT2D eigenvalue weighted by molar-refractivity contribution is 0.348. The fourth-order valence-corrected chi connectivity index (χ4v) is 3.35. The molecule has 1 saturated carbocycles. The van der Waals surface area contributed by atoms with Crippen molar-refractivity contribution in [2.75, 3.05) is 5.32 Å². The molecule has 0 spiro atoms. The molecule has 2 atom stereocenters. The van der Waals surface area contributed by atoms with Crippen molar-refractivity contribution >= 4 is 5.82 Å². The van der Waals surface area contributed by atoms with Crippen molar-refractivity contribution < 1.29 is 0 Å². The van der Waals surface area contributed by atoms with Crippen molar-refractivity contribution in [2.45, 2.75) is 64.3 Å². The summed E-state index contributed by atoms with van der Waals surface area (Å²) in [5.74, 6) is 1.89. The second-order valence-corrected chi connectivity index (χ2v) is 5.87. The van der Waals surface area contributed by atoms with E-state index in [-0.39, 0.29) is 0 Å². The first-order chi connectivity index (χ1) is 8.84. The smallest absolute Gasteiger partial charge is 0.133 e. The zero-order valence-corrected chi connectivity index (χ0v) is 11.3. The number of anilines is 1. The molecule has 2 aliphatic carbocycles. The second-order valence-electron chi connectivity index (χ2n) is 5.87. The quantitative estimate of drug-likeness (QED) is 0.868. The molecule has 1 N–H and O–H groups in total. The third-order valence-corrected chi connectivity index (χ3v) is 4.56. The molecule has 0 aromatic carbocycles. The molecule has 1 heterocycles. The van der Waals surface area contributed by atoms with E-state index in [1.807, 2.05) is 0 Å². The minimum absolute atomic E-state index is 0.611. The van der Waals surface area contributed by atoms with Crippen LogP contribution in [0.2, 0.25) is 0 Å². The third-order valence-electron chi connectivity index (χ3n) is 4.56. The van der Waals surface area contributed by atoms with E-state index in [0.717, 1.165) is 24.6 Å². The summed E-state index contributed by atoms with van der Waals surface area (Å²) >= 11 is 0. The summed E-state index contributed by atoms with van der Waals surface area (Å²) < 4.78 is 0. The van der Waals surface area contributed by atoms with Crippen molar-refractivity contribution in [3.8, 4) is 0 Å². The highest BCUT2D eigenvalue weighted by molar-refractivity contribution is 5.47.